The Balaban J connectivity index is 2.54. The lowest BCUT2D eigenvalue weighted by atomic mass is 9.96. The first-order valence-corrected chi connectivity index (χ1v) is 6.51. The quantitative estimate of drug-likeness (QED) is 0.930. The summed E-state index contributed by atoms with van der Waals surface area (Å²) in [6.45, 7) is 3.91. The summed E-state index contributed by atoms with van der Waals surface area (Å²) in [5.74, 6) is 0.379. The molecule has 20 heavy (non-hydrogen) atoms. The van der Waals surface area contributed by atoms with Gasteiger partial charge in [0.1, 0.15) is 11.6 Å². The molecule has 0 fully saturated rings. The molecule has 1 atom stereocenters. The Morgan fingerprint density at radius 1 is 1.15 bits per heavy atom. The van der Waals surface area contributed by atoms with Gasteiger partial charge in [-0.05, 0) is 50.7 Å². The van der Waals surface area contributed by atoms with Gasteiger partial charge in [-0.1, -0.05) is 6.07 Å². The molecule has 2 aromatic rings. The molecule has 1 aromatic heterocycles. The van der Waals surface area contributed by atoms with Crippen molar-refractivity contribution < 1.29 is 9.13 Å². The molecule has 4 heteroatoms. The van der Waals surface area contributed by atoms with E-state index in [1.54, 1.807) is 13.2 Å². The number of aryl methyl sites for hydroxylation is 2. The SMILES string of the molecule is CNC(c1cc(F)ccc1OC)c1ccc(C)nc1C. The fourth-order valence-corrected chi connectivity index (χ4v) is 2.41. The maximum Gasteiger partial charge on any atom is 0.124 e. The summed E-state index contributed by atoms with van der Waals surface area (Å²) in [5, 5.41) is 3.21. The summed E-state index contributed by atoms with van der Waals surface area (Å²) < 4.78 is 18.9. The molecule has 0 aliphatic rings. The van der Waals surface area contributed by atoms with E-state index in [9.17, 15) is 4.39 Å². The van der Waals surface area contributed by atoms with Crippen LogP contribution in [0.1, 0.15) is 28.6 Å². The molecular weight excluding hydrogens is 255 g/mol. The third kappa shape index (κ3) is 2.80. The second-order valence-electron chi connectivity index (χ2n) is 4.74. The summed E-state index contributed by atoms with van der Waals surface area (Å²) in [7, 11) is 3.43. The minimum Gasteiger partial charge on any atom is -0.496 e. The van der Waals surface area contributed by atoms with Gasteiger partial charge in [-0.3, -0.25) is 4.98 Å². The number of methoxy groups -OCH3 is 1. The second-order valence-corrected chi connectivity index (χ2v) is 4.74. The Labute approximate surface area is 118 Å². The number of hydrogen-bond donors (Lipinski definition) is 1. The van der Waals surface area contributed by atoms with Crippen LogP contribution in [0.3, 0.4) is 0 Å². The third-order valence-electron chi connectivity index (χ3n) is 3.37. The smallest absolute Gasteiger partial charge is 0.124 e. The van der Waals surface area contributed by atoms with E-state index >= 15 is 0 Å². The van der Waals surface area contributed by atoms with Gasteiger partial charge in [0.25, 0.3) is 0 Å². The Bertz CT molecular complexity index is 613. The summed E-state index contributed by atoms with van der Waals surface area (Å²) >= 11 is 0. The maximum absolute atomic E-state index is 13.6. The molecule has 1 unspecified atom stereocenters. The van der Waals surface area contributed by atoms with Crippen molar-refractivity contribution in [1.82, 2.24) is 10.3 Å². The molecule has 1 heterocycles. The number of hydrogen-bond acceptors (Lipinski definition) is 3. The van der Waals surface area contributed by atoms with Crippen LogP contribution in [0.25, 0.3) is 0 Å². The van der Waals surface area contributed by atoms with Crippen molar-refractivity contribution in [3.63, 3.8) is 0 Å². The monoisotopic (exact) mass is 274 g/mol. The van der Waals surface area contributed by atoms with Crippen molar-refractivity contribution in [3.05, 3.63) is 58.7 Å². The van der Waals surface area contributed by atoms with Crippen molar-refractivity contribution in [1.29, 1.82) is 0 Å². The number of nitrogens with one attached hydrogen (secondary N) is 1. The molecule has 106 valence electrons. The lowest BCUT2D eigenvalue weighted by Crippen LogP contribution is -2.20. The number of ether oxygens (including phenoxy) is 1. The van der Waals surface area contributed by atoms with Crippen LogP contribution in [-0.2, 0) is 0 Å². The summed E-state index contributed by atoms with van der Waals surface area (Å²) in [4.78, 5) is 4.47. The van der Waals surface area contributed by atoms with Gasteiger partial charge in [-0.25, -0.2) is 4.39 Å². The van der Waals surface area contributed by atoms with E-state index in [0.717, 1.165) is 22.5 Å². The first-order valence-electron chi connectivity index (χ1n) is 6.51. The Morgan fingerprint density at radius 3 is 2.50 bits per heavy atom. The molecule has 0 spiro atoms. The van der Waals surface area contributed by atoms with Gasteiger partial charge in [-0.15, -0.1) is 0 Å². The normalized spacial score (nSPS) is 12.2. The molecule has 2 rings (SSSR count). The van der Waals surface area contributed by atoms with E-state index in [1.807, 2.05) is 33.0 Å². The number of benzene rings is 1. The van der Waals surface area contributed by atoms with Crippen molar-refractivity contribution in [2.24, 2.45) is 0 Å². The lowest BCUT2D eigenvalue weighted by Gasteiger charge is -2.21. The second kappa shape index (κ2) is 6.01. The van der Waals surface area contributed by atoms with Gasteiger partial charge >= 0.3 is 0 Å². The number of aromatic nitrogens is 1. The van der Waals surface area contributed by atoms with E-state index < -0.39 is 0 Å². The predicted octanol–water partition coefficient (Wildman–Crippen LogP) is 3.15. The average molecular weight is 274 g/mol. The minimum absolute atomic E-state index is 0.159. The zero-order valence-corrected chi connectivity index (χ0v) is 12.2. The molecule has 3 nitrogen and oxygen atoms in total. The van der Waals surface area contributed by atoms with Gasteiger partial charge in [0.05, 0.1) is 13.2 Å². The van der Waals surface area contributed by atoms with Crippen LogP contribution in [0.2, 0.25) is 0 Å². The summed E-state index contributed by atoms with van der Waals surface area (Å²) in [5.41, 5.74) is 3.67. The van der Waals surface area contributed by atoms with Crippen LogP contribution in [0.15, 0.2) is 30.3 Å². The Hall–Kier alpha value is -1.94. The van der Waals surface area contributed by atoms with Crippen LogP contribution < -0.4 is 10.1 Å². The minimum atomic E-state index is -0.279. The highest BCUT2D eigenvalue weighted by atomic mass is 19.1. The van der Waals surface area contributed by atoms with Gasteiger partial charge < -0.3 is 10.1 Å². The molecule has 0 aliphatic carbocycles. The Kier molecular flexibility index (Phi) is 4.35. The van der Waals surface area contributed by atoms with Gasteiger partial charge in [0, 0.05) is 17.0 Å². The zero-order chi connectivity index (χ0) is 14.7. The molecule has 0 saturated carbocycles. The summed E-state index contributed by atoms with van der Waals surface area (Å²) in [6.07, 6.45) is 0. The maximum atomic E-state index is 13.6. The molecule has 0 amide bonds. The number of rotatable bonds is 4. The molecular formula is C16H19FN2O. The zero-order valence-electron chi connectivity index (χ0n) is 12.2. The largest absolute Gasteiger partial charge is 0.496 e. The van der Waals surface area contributed by atoms with Crippen molar-refractivity contribution in [3.8, 4) is 5.75 Å². The topological polar surface area (TPSA) is 34.1 Å². The number of nitrogens with zero attached hydrogens (tertiary/aromatic N) is 1. The molecule has 0 radical (unpaired) electrons. The highest BCUT2D eigenvalue weighted by molar-refractivity contribution is 5.43. The van der Waals surface area contributed by atoms with Gasteiger partial charge in [0.15, 0.2) is 0 Å². The number of pyridine rings is 1. The van der Waals surface area contributed by atoms with Gasteiger partial charge in [-0.2, -0.15) is 0 Å². The molecule has 0 saturated heterocycles. The highest BCUT2D eigenvalue weighted by Crippen LogP contribution is 2.31. The molecule has 1 N–H and O–H groups in total. The molecule has 1 aromatic carbocycles. The third-order valence-corrected chi connectivity index (χ3v) is 3.37. The van der Waals surface area contributed by atoms with Gasteiger partial charge in [0.2, 0.25) is 0 Å². The van der Waals surface area contributed by atoms with Crippen LogP contribution in [0, 0.1) is 19.7 Å². The number of halogens is 1. The Morgan fingerprint density at radius 2 is 1.90 bits per heavy atom. The average Bonchev–Trinajstić information content (AvgIpc) is 2.42. The fourth-order valence-electron chi connectivity index (χ4n) is 2.41. The van der Waals surface area contributed by atoms with Crippen LogP contribution in [0.5, 0.6) is 5.75 Å². The lowest BCUT2D eigenvalue weighted by molar-refractivity contribution is 0.403. The van der Waals surface area contributed by atoms with E-state index in [-0.39, 0.29) is 11.9 Å². The van der Waals surface area contributed by atoms with E-state index in [2.05, 4.69) is 10.3 Å². The summed E-state index contributed by atoms with van der Waals surface area (Å²) in [6, 6.07) is 8.36. The standard InChI is InChI=1S/C16H19FN2O/c1-10-5-7-13(11(2)19-10)16(18-3)14-9-12(17)6-8-15(14)20-4/h5-9,16,18H,1-4H3. The van der Waals surface area contributed by atoms with Crippen LogP contribution >= 0.6 is 0 Å². The highest BCUT2D eigenvalue weighted by Gasteiger charge is 2.19. The first-order chi connectivity index (χ1) is 9.56. The predicted molar refractivity (Wildman–Crippen MR) is 77.6 cm³/mol. The van der Waals surface area contributed by atoms with Crippen LogP contribution in [0.4, 0.5) is 4.39 Å². The van der Waals surface area contributed by atoms with E-state index in [4.69, 9.17) is 4.74 Å². The fraction of sp³-hybridized carbons (Fsp3) is 0.312. The van der Waals surface area contributed by atoms with Crippen molar-refractivity contribution in [2.75, 3.05) is 14.2 Å². The first kappa shape index (κ1) is 14.5. The molecule has 0 aliphatic heterocycles. The van der Waals surface area contributed by atoms with Crippen LogP contribution in [-0.4, -0.2) is 19.1 Å². The van der Waals surface area contributed by atoms with Crippen molar-refractivity contribution >= 4 is 0 Å². The van der Waals surface area contributed by atoms with Crippen molar-refractivity contribution in [2.45, 2.75) is 19.9 Å². The molecule has 0 bridgehead atoms. The van der Waals surface area contributed by atoms with E-state index in [1.165, 1.54) is 12.1 Å². The van der Waals surface area contributed by atoms with E-state index in [0.29, 0.717) is 5.75 Å².